The summed E-state index contributed by atoms with van der Waals surface area (Å²) in [4.78, 5) is 0. The number of hydrogen-bond acceptors (Lipinski definition) is 0. The molecule has 0 aromatic carbocycles. The molecule has 0 bridgehead atoms. The molecule has 0 radical (unpaired) electrons. The maximum atomic E-state index is 8.19. The van der Waals surface area contributed by atoms with E-state index in [1.807, 2.05) is 0 Å². The van der Waals surface area contributed by atoms with Gasteiger partial charge in [0.2, 0.25) is 0 Å². The minimum atomic E-state index is -0.309. The first kappa shape index (κ1) is 2.65. The number of alkyl halides is 1. The second-order valence-electron chi connectivity index (χ2n) is 4.03. The van der Waals surface area contributed by atoms with Gasteiger partial charge in [-0.2, -0.15) is 0 Å². The Bertz CT molecular complexity index is 311. The second kappa shape index (κ2) is 0.678. The molecule has 6 aliphatic carbocycles. The molecule has 0 saturated heterocycles. The fourth-order valence-corrected chi connectivity index (χ4v) is 6.11. The Balaban J connectivity index is 1.89. The molecular weight excluding hydrogens is 223 g/mol. The van der Waals surface area contributed by atoms with Gasteiger partial charge in [0, 0.05) is 7.53 Å². The minimum absolute atomic E-state index is 0.250. The van der Waals surface area contributed by atoms with Crippen LogP contribution < -0.4 is 0 Å². The molecule has 0 spiro atoms. The fraction of sp³-hybridized carbons (Fsp3) is 1.00. The zero-order chi connectivity index (χ0) is 8.31. The van der Waals surface area contributed by atoms with Crippen molar-refractivity contribution in [2.75, 3.05) is 0 Å². The molecule has 6 saturated carbocycles. The van der Waals surface area contributed by atoms with Crippen LogP contribution in [0.3, 0.4) is 0 Å². The molecule has 0 unspecified atom stereocenters. The monoisotopic (exact) mass is 233 g/mol. The topological polar surface area (TPSA) is 0 Å². The molecule has 0 nitrogen and oxygen atoms in total. The first-order chi connectivity index (χ1) is 5.48. The van der Waals surface area contributed by atoms with Crippen LogP contribution in [0.2, 0.25) is 0 Å². The fourth-order valence-electron chi connectivity index (χ4n) is 4.10. The highest BCUT2D eigenvalue weighted by molar-refractivity contribution is 14.1. The van der Waals surface area contributed by atoms with Gasteiger partial charge in [-0.05, 0) is 41.4 Å². The predicted octanol–water partition coefficient (Wildman–Crippen LogP) is 1.54. The SMILES string of the molecule is [2H]C12C3C4C1C1([2H])C4C3([2H])C21I. The largest absolute Gasteiger partial charge is 0.0779 e. The highest BCUT2D eigenvalue weighted by Gasteiger charge is 3.03. The molecule has 0 aromatic rings. The van der Waals surface area contributed by atoms with E-state index in [1.54, 1.807) is 0 Å². The molecule has 0 atom stereocenters. The van der Waals surface area contributed by atoms with Gasteiger partial charge in [0.25, 0.3) is 0 Å². The normalized spacial score (nSPS) is 135. The highest BCUT2D eigenvalue weighted by atomic mass is 127. The average Bonchev–Trinajstić information content (AvgIpc) is 1.94. The third-order valence-corrected chi connectivity index (χ3v) is 6.23. The summed E-state index contributed by atoms with van der Waals surface area (Å²) < 4.78 is 24.3. The van der Waals surface area contributed by atoms with Gasteiger partial charge in [0.05, 0.1) is 0 Å². The molecule has 46 valence electrons. The maximum absolute atomic E-state index is 8.19. The first-order valence-electron chi connectivity index (χ1n) is 5.17. The summed E-state index contributed by atoms with van der Waals surface area (Å²) in [5.41, 5.74) is 0. The minimum Gasteiger partial charge on any atom is -0.0779 e. The van der Waals surface area contributed by atoms with Crippen LogP contribution in [0.1, 0.15) is 4.11 Å². The van der Waals surface area contributed by atoms with E-state index in [4.69, 9.17) is 4.11 Å². The highest BCUT2D eigenvalue weighted by Crippen LogP contribution is 3.04. The third kappa shape index (κ3) is 0.132. The maximum Gasteiger partial charge on any atom is 0.0323 e. The predicted molar refractivity (Wildman–Crippen MR) is 41.2 cm³/mol. The smallest absolute Gasteiger partial charge is 0.0323 e. The van der Waals surface area contributed by atoms with Crippen molar-refractivity contribution in [3.8, 4) is 0 Å². The van der Waals surface area contributed by atoms with E-state index in [0.717, 1.165) is 0 Å². The lowest BCUT2D eigenvalue weighted by Crippen LogP contribution is -3.06. The van der Waals surface area contributed by atoms with E-state index in [0.29, 0.717) is 23.7 Å². The first-order valence-corrected chi connectivity index (χ1v) is 4.75. The number of hydrogen-bond donors (Lipinski definition) is 0. The van der Waals surface area contributed by atoms with Gasteiger partial charge >= 0.3 is 0 Å². The van der Waals surface area contributed by atoms with Crippen molar-refractivity contribution in [1.82, 2.24) is 0 Å². The molecule has 6 aliphatic rings. The zero-order valence-corrected chi connectivity index (χ0v) is 6.84. The number of rotatable bonds is 0. The average molecular weight is 233 g/mol. The molecule has 0 heterocycles. The van der Waals surface area contributed by atoms with Crippen molar-refractivity contribution in [3.63, 3.8) is 0 Å². The van der Waals surface area contributed by atoms with Crippen molar-refractivity contribution in [2.45, 2.75) is 3.42 Å². The molecule has 6 rings (SSSR count). The summed E-state index contributed by atoms with van der Waals surface area (Å²) in [6.07, 6.45) is 0. The van der Waals surface area contributed by atoms with E-state index < -0.39 is 0 Å². The van der Waals surface area contributed by atoms with Crippen LogP contribution in [0.5, 0.6) is 0 Å². The van der Waals surface area contributed by atoms with Crippen LogP contribution in [0.15, 0.2) is 0 Å². The van der Waals surface area contributed by atoms with Crippen molar-refractivity contribution >= 4 is 22.6 Å². The number of halogens is 1. The van der Waals surface area contributed by atoms with Crippen molar-refractivity contribution in [2.24, 2.45) is 41.4 Å². The third-order valence-electron chi connectivity index (χ3n) is 4.36. The molecule has 0 amide bonds. The summed E-state index contributed by atoms with van der Waals surface area (Å²) in [6.45, 7) is 0. The molecule has 0 aromatic heterocycles. The molecule has 1 heteroatoms. The quantitative estimate of drug-likeness (QED) is 0.439. The lowest BCUT2D eigenvalue weighted by atomic mass is 9.01. The van der Waals surface area contributed by atoms with Crippen LogP contribution in [-0.2, 0) is 0 Å². The second-order valence-corrected chi connectivity index (χ2v) is 5.65. The Morgan fingerprint density at radius 2 is 1.44 bits per heavy atom. The molecular formula is C8H7I. The summed E-state index contributed by atoms with van der Waals surface area (Å²) >= 11 is 2.27. The summed E-state index contributed by atoms with van der Waals surface area (Å²) in [5.74, 6) is 0.857. The van der Waals surface area contributed by atoms with Crippen LogP contribution in [0.4, 0.5) is 0 Å². The Kier molecular flexibility index (Phi) is 0.200. The van der Waals surface area contributed by atoms with Gasteiger partial charge in [0.1, 0.15) is 0 Å². The molecule has 9 heavy (non-hydrogen) atoms. The van der Waals surface area contributed by atoms with Crippen LogP contribution in [0.25, 0.3) is 0 Å². The van der Waals surface area contributed by atoms with E-state index in [2.05, 4.69) is 22.6 Å². The summed E-state index contributed by atoms with van der Waals surface area (Å²) in [7, 11) is 0. The van der Waals surface area contributed by atoms with Crippen molar-refractivity contribution < 1.29 is 4.11 Å². The van der Waals surface area contributed by atoms with Gasteiger partial charge in [-0.25, -0.2) is 0 Å². The van der Waals surface area contributed by atoms with Gasteiger partial charge in [-0.3, -0.25) is 0 Å². The van der Waals surface area contributed by atoms with E-state index in [-0.39, 0.29) is 21.1 Å². The Labute approximate surface area is 71.7 Å². The Hall–Kier alpha value is 0.730. The lowest BCUT2D eigenvalue weighted by molar-refractivity contribution is -0.538. The van der Waals surface area contributed by atoms with Gasteiger partial charge < -0.3 is 0 Å². The molecule has 0 N–H and O–H groups in total. The summed E-state index contributed by atoms with van der Waals surface area (Å²) in [5, 5.41) is 0. The van der Waals surface area contributed by atoms with E-state index in [1.165, 1.54) is 0 Å². The van der Waals surface area contributed by atoms with Crippen LogP contribution in [0, 0.1) is 41.4 Å². The van der Waals surface area contributed by atoms with Crippen LogP contribution in [-0.4, -0.2) is 3.42 Å². The van der Waals surface area contributed by atoms with Crippen LogP contribution >= 0.6 is 22.6 Å². The van der Waals surface area contributed by atoms with E-state index in [9.17, 15) is 0 Å². The molecule has 0 aliphatic heterocycles. The lowest BCUT2D eigenvalue weighted by Gasteiger charge is -3.06. The Morgan fingerprint density at radius 1 is 1.00 bits per heavy atom. The summed E-state index contributed by atoms with van der Waals surface area (Å²) in [6, 6.07) is 0. The van der Waals surface area contributed by atoms with E-state index >= 15 is 0 Å². The van der Waals surface area contributed by atoms with Crippen molar-refractivity contribution in [3.05, 3.63) is 0 Å². The molecule has 6 fully saturated rings. The van der Waals surface area contributed by atoms with Gasteiger partial charge in [0.15, 0.2) is 0 Å². The Morgan fingerprint density at radius 3 is 1.78 bits per heavy atom. The zero-order valence-electron chi connectivity index (χ0n) is 7.69. The standard InChI is InChI=1S/C8H7I/c9-8-5-2-1-3(5)7(8)4(1)6(2)8/h1-7H/i5D,6D,7D. The van der Waals surface area contributed by atoms with Crippen molar-refractivity contribution in [1.29, 1.82) is 0 Å². The van der Waals surface area contributed by atoms with Gasteiger partial charge in [-0.15, -0.1) is 0 Å². The van der Waals surface area contributed by atoms with Gasteiger partial charge in [-0.1, -0.05) is 22.6 Å².